The van der Waals surface area contributed by atoms with Gasteiger partial charge in [0.25, 0.3) is 0 Å². The van der Waals surface area contributed by atoms with Gasteiger partial charge in [0.15, 0.2) is 0 Å². The Bertz CT molecular complexity index is 774. The average Bonchev–Trinajstić information content (AvgIpc) is 3.05. The van der Waals surface area contributed by atoms with Crippen LogP contribution in [0.3, 0.4) is 0 Å². The monoisotopic (exact) mass is 328 g/mol. The standard InChI is InChI=1S/C17H17ClN4O/c1-12-9-16(19-10-13-5-2-3-7-15(13)18)22-17(21-12)20-11-14-6-4-8-23-14/h2-9H,10-11H2,1H3,(H2,19,20,21,22). The highest BCUT2D eigenvalue weighted by Crippen LogP contribution is 2.17. The van der Waals surface area contributed by atoms with E-state index in [1.54, 1.807) is 6.26 Å². The van der Waals surface area contributed by atoms with Gasteiger partial charge in [0.1, 0.15) is 11.6 Å². The maximum absolute atomic E-state index is 6.16. The molecule has 0 radical (unpaired) electrons. The van der Waals surface area contributed by atoms with Gasteiger partial charge in [0.05, 0.1) is 12.8 Å². The number of aromatic nitrogens is 2. The van der Waals surface area contributed by atoms with Crippen LogP contribution < -0.4 is 10.6 Å². The van der Waals surface area contributed by atoms with E-state index >= 15 is 0 Å². The number of halogens is 1. The van der Waals surface area contributed by atoms with Crippen molar-refractivity contribution in [2.75, 3.05) is 10.6 Å². The number of hydrogen-bond acceptors (Lipinski definition) is 5. The molecule has 23 heavy (non-hydrogen) atoms. The molecule has 2 N–H and O–H groups in total. The topological polar surface area (TPSA) is 63.0 Å². The molecule has 0 saturated carbocycles. The second kappa shape index (κ2) is 7.15. The number of aryl methyl sites for hydroxylation is 1. The molecule has 0 atom stereocenters. The van der Waals surface area contributed by atoms with E-state index in [4.69, 9.17) is 16.0 Å². The number of furan rings is 1. The molecule has 0 aliphatic rings. The van der Waals surface area contributed by atoms with Crippen molar-refractivity contribution in [2.45, 2.75) is 20.0 Å². The molecule has 5 nitrogen and oxygen atoms in total. The first kappa shape index (κ1) is 15.4. The molecule has 0 saturated heterocycles. The maximum Gasteiger partial charge on any atom is 0.225 e. The largest absolute Gasteiger partial charge is 0.467 e. The van der Waals surface area contributed by atoms with Crippen LogP contribution in [0, 0.1) is 6.92 Å². The van der Waals surface area contributed by atoms with Gasteiger partial charge in [-0.05, 0) is 30.7 Å². The summed E-state index contributed by atoms with van der Waals surface area (Å²) in [5.41, 5.74) is 1.90. The summed E-state index contributed by atoms with van der Waals surface area (Å²) >= 11 is 6.16. The zero-order valence-corrected chi connectivity index (χ0v) is 13.5. The Hall–Kier alpha value is -2.53. The third-order valence-corrected chi connectivity index (χ3v) is 3.64. The van der Waals surface area contributed by atoms with Gasteiger partial charge in [-0.1, -0.05) is 29.8 Å². The molecule has 2 aromatic heterocycles. The molecule has 0 aliphatic heterocycles. The van der Waals surface area contributed by atoms with Gasteiger partial charge in [0, 0.05) is 23.3 Å². The van der Waals surface area contributed by atoms with Gasteiger partial charge in [-0.3, -0.25) is 0 Å². The van der Waals surface area contributed by atoms with Crippen molar-refractivity contribution in [3.63, 3.8) is 0 Å². The summed E-state index contributed by atoms with van der Waals surface area (Å²) in [4.78, 5) is 8.84. The number of nitrogens with one attached hydrogen (secondary N) is 2. The van der Waals surface area contributed by atoms with E-state index in [0.29, 0.717) is 19.0 Å². The fourth-order valence-electron chi connectivity index (χ4n) is 2.15. The van der Waals surface area contributed by atoms with Crippen LogP contribution in [0.5, 0.6) is 0 Å². The van der Waals surface area contributed by atoms with Crippen molar-refractivity contribution in [3.05, 3.63) is 70.8 Å². The molecule has 3 aromatic rings. The number of benzene rings is 1. The van der Waals surface area contributed by atoms with Crippen molar-refractivity contribution in [3.8, 4) is 0 Å². The summed E-state index contributed by atoms with van der Waals surface area (Å²) in [7, 11) is 0. The van der Waals surface area contributed by atoms with Crippen molar-refractivity contribution in [2.24, 2.45) is 0 Å². The predicted molar refractivity (Wildman–Crippen MR) is 91.6 cm³/mol. The molecule has 2 heterocycles. The van der Waals surface area contributed by atoms with Crippen molar-refractivity contribution in [1.82, 2.24) is 9.97 Å². The quantitative estimate of drug-likeness (QED) is 0.708. The lowest BCUT2D eigenvalue weighted by Crippen LogP contribution is -2.08. The zero-order chi connectivity index (χ0) is 16.1. The summed E-state index contributed by atoms with van der Waals surface area (Å²) in [6.45, 7) is 3.08. The predicted octanol–water partition coefficient (Wildman–Crippen LogP) is 4.26. The van der Waals surface area contributed by atoms with Gasteiger partial charge < -0.3 is 15.1 Å². The summed E-state index contributed by atoms with van der Waals surface area (Å²) < 4.78 is 5.29. The van der Waals surface area contributed by atoms with Crippen LogP contribution >= 0.6 is 11.6 Å². The fourth-order valence-corrected chi connectivity index (χ4v) is 2.35. The Balaban J connectivity index is 1.66. The van der Waals surface area contributed by atoms with Crippen LogP contribution in [-0.2, 0) is 13.1 Å². The van der Waals surface area contributed by atoms with E-state index < -0.39 is 0 Å². The molecule has 0 bridgehead atoms. The van der Waals surface area contributed by atoms with Crippen LogP contribution in [-0.4, -0.2) is 9.97 Å². The summed E-state index contributed by atoms with van der Waals surface area (Å²) in [6.07, 6.45) is 1.64. The minimum absolute atomic E-state index is 0.542. The first-order valence-electron chi connectivity index (χ1n) is 7.30. The maximum atomic E-state index is 6.16. The normalized spacial score (nSPS) is 10.5. The lowest BCUT2D eigenvalue weighted by atomic mass is 10.2. The highest BCUT2D eigenvalue weighted by Gasteiger charge is 2.04. The molecule has 1 aromatic carbocycles. The lowest BCUT2D eigenvalue weighted by Gasteiger charge is -2.10. The Kier molecular flexibility index (Phi) is 4.78. The molecule has 3 rings (SSSR count). The molecule has 0 aliphatic carbocycles. The Morgan fingerprint density at radius 3 is 2.70 bits per heavy atom. The second-order valence-corrected chi connectivity index (χ2v) is 5.50. The minimum Gasteiger partial charge on any atom is -0.467 e. The van der Waals surface area contributed by atoms with Crippen LogP contribution in [0.4, 0.5) is 11.8 Å². The van der Waals surface area contributed by atoms with Gasteiger partial charge in [-0.2, -0.15) is 4.98 Å². The van der Waals surface area contributed by atoms with Gasteiger partial charge in [-0.25, -0.2) is 4.98 Å². The molecule has 118 valence electrons. The van der Waals surface area contributed by atoms with Crippen molar-refractivity contribution in [1.29, 1.82) is 0 Å². The van der Waals surface area contributed by atoms with E-state index in [1.807, 2.05) is 49.4 Å². The third-order valence-electron chi connectivity index (χ3n) is 3.27. The Morgan fingerprint density at radius 2 is 1.91 bits per heavy atom. The summed E-state index contributed by atoms with van der Waals surface area (Å²) in [5, 5.41) is 7.17. The number of rotatable bonds is 6. The lowest BCUT2D eigenvalue weighted by molar-refractivity contribution is 0.517. The molecular weight excluding hydrogens is 312 g/mol. The first-order chi connectivity index (χ1) is 11.2. The van der Waals surface area contributed by atoms with Gasteiger partial charge in [0.2, 0.25) is 5.95 Å². The number of nitrogens with zero attached hydrogens (tertiary/aromatic N) is 2. The van der Waals surface area contributed by atoms with E-state index in [2.05, 4.69) is 20.6 Å². The molecule has 0 amide bonds. The highest BCUT2D eigenvalue weighted by atomic mass is 35.5. The first-order valence-corrected chi connectivity index (χ1v) is 7.68. The van der Waals surface area contributed by atoms with E-state index in [-0.39, 0.29) is 0 Å². The average molecular weight is 329 g/mol. The summed E-state index contributed by atoms with van der Waals surface area (Å²) in [6, 6.07) is 13.4. The van der Waals surface area contributed by atoms with Crippen LogP contribution in [0.25, 0.3) is 0 Å². The summed E-state index contributed by atoms with van der Waals surface area (Å²) in [5.74, 6) is 2.14. The highest BCUT2D eigenvalue weighted by molar-refractivity contribution is 6.31. The van der Waals surface area contributed by atoms with Crippen LogP contribution in [0.2, 0.25) is 5.02 Å². The fraction of sp³-hybridized carbons (Fsp3) is 0.176. The van der Waals surface area contributed by atoms with Crippen LogP contribution in [0.1, 0.15) is 17.0 Å². The van der Waals surface area contributed by atoms with E-state index in [9.17, 15) is 0 Å². The van der Waals surface area contributed by atoms with Crippen molar-refractivity contribution < 1.29 is 4.42 Å². The molecular formula is C17H17ClN4O. The van der Waals surface area contributed by atoms with Gasteiger partial charge >= 0.3 is 0 Å². The minimum atomic E-state index is 0.542. The van der Waals surface area contributed by atoms with E-state index in [0.717, 1.165) is 27.9 Å². The molecule has 0 spiro atoms. The second-order valence-electron chi connectivity index (χ2n) is 5.10. The van der Waals surface area contributed by atoms with Gasteiger partial charge in [-0.15, -0.1) is 0 Å². The van der Waals surface area contributed by atoms with Crippen LogP contribution in [0.15, 0.2) is 53.1 Å². The Labute approximate surface area is 139 Å². The molecule has 6 heteroatoms. The SMILES string of the molecule is Cc1cc(NCc2ccccc2Cl)nc(NCc2ccco2)n1. The van der Waals surface area contributed by atoms with Crippen molar-refractivity contribution >= 4 is 23.4 Å². The third kappa shape index (κ3) is 4.23. The number of anilines is 2. The zero-order valence-electron chi connectivity index (χ0n) is 12.7. The molecule has 0 unspecified atom stereocenters. The van der Waals surface area contributed by atoms with E-state index in [1.165, 1.54) is 0 Å². The Morgan fingerprint density at radius 1 is 1.04 bits per heavy atom. The smallest absolute Gasteiger partial charge is 0.225 e. The number of hydrogen-bond donors (Lipinski definition) is 2. The molecule has 0 fully saturated rings.